The minimum atomic E-state index is -0.234. The van der Waals surface area contributed by atoms with Crippen LogP contribution in [0.1, 0.15) is 53.4 Å². The zero-order valence-electron chi connectivity index (χ0n) is 12.6. The van der Waals surface area contributed by atoms with E-state index in [4.69, 9.17) is 9.47 Å². The summed E-state index contributed by atoms with van der Waals surface area (Å²) in [6.07, 6.45) is 9.30. The van der Waals surface area contributed by atoms with Crippen LogP contribution in [0.25, 0.3) is 0 Å². The first-order valence-electron chi connectivity index (χ1n) is 7.01. The molecule has 0 bridgehead atoms. The molecule has 0 amide bonds. The van der Waals surface area contributed by atoms with Crippen molar-refractivity contribution in [1.29, 1.82) is 0 Å². The average molecular weight is 306 g/mol. The van der Waals surface area contributed by atoms with Gasteiger partial charge in [-0.05, 0) is 12.8 Å². The molecule has 2 fully saturated rings. The molecule has 0 radical (unpaired) electrons. The van der Waals surface area contributed by atoms with Crippen molar-refractivity contribution in [3.05, 3.63) is 12.8 Å². The Bertz CT molecular complexity index is 201. The van der Waals surface area contributed by atoms with Crippen LogP contribution in [0.4, 0.5) is 0 Å². The van der Waals surface area contributed by atoms with Gasteiger partial charge in [0, 0.05) is 0 Å². The summed E-state index contributed by atoms with van der Waals surface area (Å²) in [4.78, 5) is 0. The van der Waals surface area contributed by atoms with Gasteiger partial charge in [0.1, 0.15) is 5.79 Å². The molecule has 2 rings (SSSR count). The Kier molecular flexibility index (Phi) is 9.73. The molecule has 3 heteroatoms. The standard InChI is InChI=1S/C12H21O2.C3H7.Zn/c1-10(2)9-11-5-3-4-6-12(11)13-7-8-14-12;1-3-2;/h9-11H,3-8H2,1-2H3;3H,1-2H3;/q2*-1;+2/t11-;;/m0../s1. The van der Waals surface area contributed by atoms with Gasteiger partial charge < -0.3 is 22.3 Å². The average Bonchev–Trinajstić information content (AvgIpc) is 2.72. The van der Waals surface area contributed by atoms with E-state index in [0.29, 0.717) is 11.8 Å². The van der Waals surface area contributed by atoms with Gasteiger partial charge in [-0.2, -0.15) is 19.8 Å². The fraction of sp³-hybridized carbons (Fsp3) is 0.867. The molecular weight excluding hydrogens is 278 g/mol. The van der Waals surface area contributed by atoms with Crippen LogP contribution >= 0.6 is 0 Å². The predicted molar refractivity (Wildman–Crippen MR) is 71.4 cm³/mol. The van der Waals surface area contributed by atoms with Gasteiger partial charge in [0.25, 0.3) is 0 Å². The molecule has 0 aromatic heterocycles. The molecule has 0 aromatic carbocycles. The number of hydrogen-bond acceptors (Lipinski definition) is 2. The molecule has 0 unspecified atom stereocenters. The molecular formula is C15H28O2Zn. The second-order valence-electron chi connectivity index (χ2n) is 5.37. The van der Waals surface area contributed by atoms with Crippen LogP contribution in [-0.4, -0.2) is 19.0 Å². The van der Waals surface area contributed by atoms with Gasteiger partial charge in [-0.25, -0.2) is 0 Å². The van der Waals surface area contributed by atoms with E-state index in [1.807, 2.05) is 20.3 Å². The molecule has 1 aliphatic heterocycles. The topological polar surface area (TPSA) is 18.5 Å². The summed E-state index contributed by atoms with van der Waals surface area (Å²) in [6, 6.07) is 0. The third kappa shape index (κ3) is 5.27. The quantitative estimate of drug-likeness (QED) is 0.567. The van der Waals surface area contributed by atoms with Crippen molar-refractivity contribution in [2.75, 3.05) is 13.2 Å². The van der Waals surface area contributed by atoms with E-state index in [2.05, 4.69) is 20.3 Å². The summed E-state index contributed by atoms with van der Waals surface area (Å²) < 4.78 is 11.7. The van der Waals surface area contributed by atoms with Gasteiger partial charge in [-0.15, -0.1) is 5.92 Å². The summed E-state index contributed by atoms with van der Waals surface area (Å²) in [5.74, 6) is 0.907. The third-order valence-electron chi connectivity index (χ3n) is 3.25. The molecule has 0 aromatic rings. The second-order valence-corrected chi connectivity index (χ2v) is 5.37. The first-order valence-corrected chi connectivity index (χ1v) is 7.01. The normalized spacial score (nSPS) is 25.5. The van der Waals surface area contributed by atoms with Crippen molar-refractivity contribution in [3.63, 3.8) is 0 Å². The van der Waals surface area contributed by atoms with Gasteiger partial charge >= 0.3 is 19.5 Å². The van der Waals surface area contributed by atoms with Crippen molar-refractivity contribution in [2.45, 2.75) is 59.2 Å². The van der Waals surface area contributed by atoms with Crippen LogP contribution in [0.3, 0.4) is 0 Å². The fourth-order valence-corrected chi connectivity index (χ4v) is 2.68. The Labute approximate surface area is 126 Å². The molecule has 1 heterocycles. The van der Waals surface area contributed by atoms with E-state index in [9.17, 15) is 0 Å². The summed E-state index contributed by atoms with van der Waals surface area (Å²) in [7, 11) is 0. The molecule has 1 saturated carbocycles. The van der Waals surface area contributed by atoms with Crippen LogP contribution in [0.5, 0.6) is 0 Å². The minimum absolute atomic E-state index is 0. The van der Waals surface area contributed by atoms with Gasteiger partial charge in [0.2, 0.25) is 0 Å². The molecule has 2 aliphatic rings. The minimum Gasteiger partial charge on any atom is -0.350 e. The van der Waals surface area contributed by atoms with Crippen LogP contribution in [-0.2, 0) is 29.0 Å². The fourth-order valence-electron chi connectivity index (χ4n) is 2.68. The molecule has 0 N–H and O–H groups in total. The van der Waals surface area contributed by atoms with E-state index in [0.717, 1.165) is 19.6 Å². The van der Waals surface area contributed by atoms with E-state index in [-0.39, 0.29) is 25.3 Å². The monoisotopic (exact) mass is 304 g/mol. The SMILES string of the molecule is CC(C)[CH-][C@@H]1CCCCC12OCCO2.C[CH-]C.[Zn+2]. The van der Waals surface area contributed by atoms with Crippen molar-refractivity contribution >= 4 is 0 Å². The van der Waals surface area contributed by atoms with E-state index in [1.165, 1.54) is 19.3 Å². The second kappa shape index (κ2) is 9.45. The van der Waals surface area contributed by atoms with Crippen LogP contribution in [0.2, 0.25) is 0 Å². The van der Waals surface area contributed by atoms with Crippen molar-refractivity contribution in [1.82, 2.24) is 0 Å². The maximum Gasteiger partial charge on any atom is 2.00 e. The Hall–Kier alpha value is 0.543. The largest absolute Gasteiger partial charge is 2.00 e. The first kappa shape index (κ1) is 18.5. The van der Waals surface area contributed by atoms with Crippen molar-refractivity contribution in [3.8, 4) is 0 Å². The predicted octanol–water partition coefficient (Wildman–Crippen LogP) is 4.01. The van der Waals surface area contributed by atoms with Crippen LogP contribution in [0, 0.1) is 24.7 Å². The molecule has 1 saturated heterocycles. The molecule has 1 spiro atoms. The Morgan fingerprint density at radius 2 is 1.67 bits per heavy atom. The molecule has 102 valence electrons. The number of rotatable bonds is 2. The molecule has 2 nitrogen and oxygen atoms in total. The number of ether oxygens (including phenoxy) is 2. The van der Waals surface area contributed by atoms with Gasteiger partial charge in [-0.3, -0.25) is 0 Å². The van der Waals surface area contributed by atoms with E-state index >= 15 is 0 Å². The van der Waals surface area contributed by atoms with Gasteiger partial charge in [0.15, 0.2) is 0 Å². The Balaban J connectivity index is 0.000000660. The van der Waals surface area contributed by atoms with E-state index in [1.54, 1.807) is 0 Å². The molecule has 18 heavy (non-hydrogen) atoms. The molecule has 1 atom stereocenters. The summed E-state index contributed by atoms with van der Waals surface area (Å²) in [6.45, 7) is 10.0. The maximum atomic E-state index is 5.84. The van der Waals surface area contributed by atoms with Crippen molar-refractivity contribution in [2.24, 2.45) is 11.8 Å². The Morgan fingerprint density at radius 3 is 2.17 bits per heavy atom. The zero-order valence-corrected chi connectivity index (χ0v) is 15.5. The molecule has 1 aliphatic carbocycles. The maximum absolute atomic E-state index is 5.84. The summed E-state index contributed by atoms with van der Waals surface area (Å²) in [5, 5.41) is 0. The van der Waals surface area contributed by atoms with Gasteiger partial charge in [-0.1, -0.05) is 26.7 Å². The third-order valence-corrected chi connectivity index (χ3v) is 3.25. The Morgan fingerprint density at radius 1 is 1.11 bits per heavy atom. The van der Waals surface area contributed by atoms with Gasteiger partial charge in [0.05, 0.1) is 13.2 Å². The van der Waals surface area contributed by atoms with Crippen LogP contribution in [0.15, 0.2) is 0 Å². The van der Waals surface area contributed by atoms with E-state index < -0.39 is 0 Å². The van der Waals surface area contributed by atoms with Crippen LogP contribution < -0.4 is 0 Å². The summed E-state index contributed by atoms with van der Waals surface area (Å²) in [5.41, 5.74) is 0. The smallest absolute Gasteiger partial charge is 0.350 e. The first-order chi connectivity index (χ1) is 8.14. The zero-order chi connectivity index (χ0) is 12.7. The number of hydrogen-bond donors (Lipinski definition) is 0. The summed E-state index contributed by atoms with van der Waals surface area (Å²) >= 11 is 0. The van der Waals surface area contributed by atoms with Crippen molar-refractivity contribution < 1.29 is 29.0 Å².